The average molecular weight is 315 g/mol. The number of fused-ring (bicyclic) bond motifs is 1. The van der Waals surface area contributed by atoms with Crippen molar-refractivity contribution >= 4 is 17.0 Å². The summed E-state index contributed by atoms with van der Waals surface area (Å²) < 4.78 is 9.05. The van der Waals surface area contributed by atoms with Crippen LogP contribution in [0.15, 0.2) is 24.8 Å². The Hall–Kier alpha value is -2.56. The minimum Gasteiger partial charge on any atom is -0.783 e. The monoisotopic (exact) mass is 315 g/mol. The highest BCUT2D eigenvalue weighted by atomic mass is 16.6. The summed E-state index contributed by atoms with van der Waals surface area (Å²) in [7, 11) is 1.78. The second-order valence-corrected chi connectivity index (χ2v) is 5.20. The fourth-order valence-corrected chi connectivity index (χ4v) is 2.67. The number of hydroxylamine groups is 2. The summed E-state index contributed by atoms with van der Waals surface area (Å²) in [5.41, 5.74) is 1.32. The van der Waals surface area contributed by atoms with Crippen LogP contribution in [-0.2, 0) is 11.3 Å². The molecule has 0 amide bonds. The second-order valence-electron chi connectivity index (χ2n) is 5.20. The normalized spacial score (nSPS) is 18.8. The highest BCUT2D eigenvalue weighted by Crippen LogP contribution is 2.23. The molecule has 10 nitrogen and oxygen atoms in total. The number of hydrogen-bond donors (Lipinski definition) is 1. The molecule has 1 aliphatic rings. The molecule has 4 heterocycles. The Kier molecular flexibility index (Phi) is 3.41. The molecule has 120 valence electrons. The van der Waals surface area contributed by atoms with E-state index in [4.69, 9.17) is 4.74 Å². The summed E-state index contributed by atoms with van der Waals surface area (Å²) in [4.78, 5) is 13.1. The average Bonchev–Trinajstić information content (AvgIpc) is 3.28. The Labute approximate surface area is 131 Å². The molecule has 3 aromatic rings. The third-order valence-electron chi connectivity index (χ3n) is 3.71. The van der Waals surface area contributed by atoms with Gasteiger partial charge in [-0.15, -0.1) is 0 Å². The van der Waals surface area contributed by atoms with Crippen LogP contribution in [0.2, 0.25) is 0 Å². The fraction of sp³-hybridized carbons (Fsp3) is 0.385. The van der Waals surface area contributed by atoms with Gasteiger partial charge in [-0.3, -0.25) is 4.57 Å². The van der Waals surface area contributed by atoms with Gasteiger partial charge in [-0.2, -0.15) is 5.10 Å². The zero-order valence-corrected chi connectivity index (χ0v) is 12.5. The van der Waals surface area contributed by atoms with Crippen molar-refractivity contribution in [1.82, 2.24) is 34.4 Å². The van der Waals surface area contributed by atoms with Gasteiger partial charge < -0.3 is 20.3 Å². The standard InChI is InChI=1S/C13H15N8O2/c1-14-11-10-12(16-7-15-11)20(6-9-5-19(22)8-23-9)13(18-10)21-4-2-3-17-21/h2-4,7,9H,5-6,8H2,1H3,(H,14,15,16)/q-1. The van der Waals surface area contributed by atoms with Gasteiger partial charge in [-0.25, -0.2) is 19.6 Å². The maximum Gasteiger partial charge on any atom is 0.233 e. The fourth-order valence-electron chi connectivity index (χ4n) is 2.67. The van der Waals surface area contributed by atoms with Gasteiger partial charge in [-0.05, 0) is 6.07 Å². The molecule has 1 fully saturated rings. The molecule has 0 radical (unpaired) electrons. The van der Waals surface area contributed by atoms with Crippen molar-refractivity contribution in [3.63, 3.8) is 0 Å². The maximum atomic E-state index is 11.4. The highest BCUT2D eigenvalue weighted by Gasteiger charge is 2.23. The Morgan fingerprint density at radius 1 is 1.43 bits per heavy atom. The molecular formula is C13H15N8O2-. The van der Waals surface area contributed by atoms with Crippen LogP contribution < -0.4 is 5.32 Å². The molecule has 1 atom stereocenters. The molecule has 0 bridgehead atoms. The molecule has 0 aliphatic carbocycles. The van der Waals surface area contributed by atoms with Crippen molar-refractivity contribution < 1.29 is 4.74 Å². The van der Waals surface area contributed by atoms with Crippen LogP contribution in [0.1, 0.15) is 0 Å². The SMILES string of the molecule is CNc1ncnc2c1nc(-n1cccn1)n2CC1CN([O-])CO1. The summed E-state index contributed by atoms with van der Waals surface area (Å²) in [5, 5.41) is 19.5. The largest absolute Gasteiger partial charge is 0.783 e. The van der Waals surface area contributed by atoms with Gasteiger partial charge in [0, 0.05) is 26.0 Å². The van der Waals surface area contributed by atoms with E-state index in [9.17, 15) is 5.21 Å². The number of ether oxygens (including phenoxy) is 1. The van der Waals surface area contributed by atoms with E-state index < -0.39 is 0 Å². The maximum absolute atomic E-state index is 11.4. The molecule has 0 saturated carbocycles. The zero-order valence-electron chi connectivity index (χ0n) is 12.5. The number of nitrogens with one attached hydrogen (secondary N) is 1. The van der Waals surface area contributed by atoms with Crippen LogP contribution in [0, 0.1) is 5.21 Å². The van der Waals surface area contributed by atoms with Crippen LogP contribution in [0.5, 0.6) is 0 Å². The summed E-state index contributed by atoms with van der Waals surface area (Å²) in [6.07, 6.45) is 4.75. The molecule has 10 heteroatoms. The lowest BCUT2D eigenvalue weighted by atomic mass is 10.3. The molecule has 1 saturated heterocycles. The highest BCUT2D eigenvalue weighted by molar-refractivity contribution is 5.84. The summed E-state index contributed by atoms with van der Waals surface area (Å²) in [6.45, 7) is 0.873. The predicted molar refractivity (Wildman–Crippen MR) is 81.8 cm³/mol. The van der Waals surface area contributed by atoms with Gasteiger partial charge in [0.25, 0.3) is 0 Å². The van der Waals surface area contributed by atoms with Gasteiger partial charge in [0.15, 0.2) is 17.0 Å². The lowest BCUT2D eigenvalue weighted by Gasteiger charge is -2.18. The van der Waals surface area contributed by atoms with Gasteiger partial charge in [0.1, 0.15) is 6.33 Å². The number of imidazole rings is 1. The van der Waals surface area contributed by atoms with Crippen LogP contribution >= 0.6 is 0 Å². The van der Waals surface area contributed by atoms with E-state index in [2.05, 4.69) is 25.4 Å². The number of hydrogen-bond acceptors (Lipinski definition) is 8. The quantitative estimate of drug-likeness (QED) is 0.727. The van der Waals surface area contributed by atoms with Gasteiger partial charge >= 0.3 is 0 Å². The van der Waals surface area contributed by atoms with Gasteiger partial charge in [0.05, 0.1) is 19.4 Å². The minimum atomic E-state index is -0.216. The number of rotatable bonds is 4. The van der Waals surface area contributed by atoms with Crippen molar-refractivity contribution in [3.8, 4) is 5.95 Å². The minimum absolute atomic E-state index is 0.0884. The van der Waals surface area contributed by atoms with E-state index >= 15 is 0 Å². The third kappa shape index (κ3) is 2.42. The Morgan fingerprint density at radius 2 is 2.35 bits per heavy atom. The molecule has 1 unspecified atom stereocenters. The Bertz CT molecular complexity index is 815. The molecule has 0 spiro atoms. The molecule has 3 aromatic heterocycles. The molecule has 23 heavy (non-hydrogen) atoms. The van der Waals surface area contributed by atoms with Crippen molar-refractivity contribution in [2.45, 2.75) is 12.6 Å². The number of aromatic nitrogens is 6. The van der Waals surface area contributed by atoms with E-state index in [1.165, 1.54) is 6.33 Å². The summed E-state index contributed by atoms with van der Waals surface area (Å²) >= 11 is 0. The van der Waals surface area contributed by atoms with E-state index in [1.54, 1.807) is 24.1 Å². The Balaban J connectivity index is 1.84. The van der Waals surface area contributed by atoms with E-state index in [0.29, 0.717) is 36.0 Å². The first-order valence-electron chi connectivity index (χ1n) is 7.19. The lowest BCUT2D eigenvalue weighted by molar-refractivity contribution is 0.0883. The van der Waals surface area contributed by atoms with E-state index in [1.807, 2.05) is 10.6 Å². The number of nitrogens with zero attached hydrogens (tertiary/aromatic N) is 7. The first-order chi connectivity index (χ1) is 11.3. The molecule has 4 rings (SSSR count). The van der Waals surface area contributed by atoms with Crippen molar-refractivity contribution in [3.05, 3.63) is 30.0 Å². The van der Waals surface area contributed by atoms with Crippen molar-refractivity contribution in [2.75, 3.05) is 25.6 Å². The summed E-state index contributed by atoms with van der Waals surface area (Å²) in [5.74, 6) is 1.25. The van der Waals surface area contributed by atoms with Crippen LogP contribution in [0.25, 0.3) is 17.1 Å². The van der Waals surface area contributed by atoms with Crippen LogP contribution in [0.3, 0.4) is 0 Å². The third-order valence-corrected chi connectivity index (χ3v) is 3.71. The molecular weight excluding hydrogens is 300 g/mol. The van der Waals surface area contributed by atoms with Crippen LogP contribution in [0.4, 0.5) is 5.82 Å². The van der Waals surface area contributed by atoms with Crippen molar-refractivity contribution in [2.24, 2.45) is 0 Å². The molecule has 1 aliphatic heterocycles. The summed E-state index contributed by atoms with van der Waals surface area (Å²) in [6, 6.07) is 1.82. The molecule has 0 aromatic carbocycles. The first kappa shape index (κ1) is 14.1. The van der Waals surface area contributed by atoms with Crippen molar-refractivity contribution in [1.29, 1.82) is 0 Å². The second kappa shape index (κ2) is 5.57. The first-order valence-corrected chi connectivity index (χ1v) is 7.19. The molecule has 1 N–H and O–H groups in total. The van der Waals surface area contributed by atoms with Gasteiger partial charge in [-0.1, -0.05) is 0 Å². The van der Waals surface area contributed by atoms with E-state index in [-0.39, 0.29) is 12.8 Å². The van der Waals surface area contributed by atoms with Crippen LogP contribution in [-0.4, -0.2) is 60.8 Å². The lowest BCUT2D eigenvalue weighted by Crippen LogP contribution is -2.23. The van der Waals surface area contributed by atoms with E-state index in [0.717, 1.165) is 5.06 Å². The number of anilines is 1. The Morgan fingerprint density at radius 3 is 3.04 bits per heavy atom. The topological polar surface area (TPSA) is 109 Å². The smallest absolute Gasteiger partial charge is 0.233 e. The zero-order chi connectivity index (χ0) is 15.8. The van der Waals surface area contributed by atoms with Gasteiger partial charge in [0.2, 0.25) is 5.95 Å². The predicted octanol–water partition coefficient (Wildman–Crippen LogP) is 0.210.